The van der Waals surface area contributed by atoms with Crippen LogP contribution in [-0.2, 0) is 17.6 Å². The molecule has 0 aromatic heterocycles. The molecule has 0 unspecified atom stereocenters. The quantitative estimate of drug-likeness (QED) is 0.753. The third kappa shape index (κ3) is 3.46. The van der Waals surface area contributed by atoms with Crippen LogP contribution in [-0.4, -0.2) is 36.2 Å². The summed E-state index contributed by atoms with van der Waals surface area (Å²) in [5, 5.41) is 0. The molecule has 0 radical (unpaired) electrons. The van der Waals surface area contributed by atoms with Gasteiger partial charge in [-0.2, -0.15) is 0 Å². The lowest BCUT2D eigenvalue weighted by Gasteiger charge is -2.47. The zero-order valence-electron chi connectivity index (χ0n) is 16.9. The Labute approximate surface area is 168 Å². The highest BCUT2D eigenvalue weighted by Gasteiger charge is 2.42. The van der Waals surface area contributed by atoms with Crippen molar-refractivity contribution in [2.45, 2.75) is 63.2 Å². The number of benzene rings is 2. The van der Waals surface area contributed by atoms with Gasteiger partial charge in [0.05, 0.1) is 12.7 Å². The highest BCUT2D eigenvalue weighted by molar-refractivity contribution is 5.36. The summed E-state index contributed by atoms with van der Waals surface area (Å²) in [6.45, 7) is 5.30. The van der Waals surface area contributed by atoms with E-state index in [9.17, 15) is 0 Å². The summed E-state index contributed by atoms with van der Waals surface area (Å²) >= 11 is 0. The van der Waals surface area contributed by atoms with Crippen LogP contribution in [0.15, 0.2) is 48.5 Å². The smallest absolute Gasteiger partial charge is 0.123 e. The number of hydrogen-bond donors (Lipinski definition) is 0. The van der Waals surface area contributed by atoms with Gasteiger partial charge < -0.3 is 9.47 Å². The van der Waals surface area contributed by atoms with Gasteiger partial charge in [-0.05, 0) is 61.8 Å². The minimum absolute atomic E-state index is 0.0372. The van der Waals surface area contributed by atoms with Gasteiger partial charge in [-0.1, -0.05) is 42.5 Å². The molecular formula is C25H31NO2. The van der Waals surface area contributed by atoms with Crippen molar-refractivity contribution >= 4 is 0 Å². The maximum atomic E-state index is 6.55. The van der Waals surface area contributed by atoms with Crippen LogP contribution in [0.5, 0.6) is 5.75 Å². The fourth-order valence-electron chi connectivity index (χ4n) is 5.45. The first-order valence-electron chi connectivity index (χ1n) is 10.9. The van der Waals surface area contributed by atoms with E-state index in [4.69, 9.17) is 9.47 Å². The normalized spacial score (nSPS) is 29.3. The van der Waals surface area contributed by atoms with E-state index in [0.29, 0.717) is 12.1 Å². The van der Waals surface area contributed by atoms with Gasteiger partial charge in [-0.3, -0.25) is 4.90 Å². The molecular weight excluding hydrogens is 346 g/mol. The summed E-state index contributed by atoms with van der Waals surface area (Å²) in [5.41, 5.74) is 4.28. The number of aryl methyl sites for hydroxylation is 2. The Morgan fingerprint density at radius 2 is 1.86 bits per heavy atom. The second kappa shape index (κ2) is 7.53. The van der Waals surface area contributed by atoms with E-state index in [0.717, 1.165) is 64.0 Å². The van der Waals surface area contributed by atoms with Crippen LogP contribution < -0.4 is 4.74 Å². The molecule has 3 aliphatic rings. The molecule has 3 heteroatoms. The van der Waals surface area contributed by atoms with Gasteiger partial charge in [0, 0.05) is 25.6 Å². The first-order valence-corrected chi connectivity index (χ1v) is 10.9. The number of ether oxygens (including phenoxy) is 2. The van der Waals surface area contributed by atoms with Crippen LogP contribution >= 0.6 is 0 Å². The van der Waals surface area contributed by atoms with E-state index >= 15 is 0 Å². The summed E-state index contributed by atoms with van der Waals surface area (Å²) in [6, 6.07) is 17.8. The SMILES string of the molecule is C[C@H]1C[C@]2(CCc3ccccc3O2)CCN1CCO[C@H]1CCc2ccccc21. The van der Waals surface area contributed by atoms with Crippen LogP contribution in [0.3, 0.4) is 0 Å². The summed E-state index contributed by atoms with van der Waals surface area (Å²) < 4.78 is 12.8. The van der Waals surface area contributed by atoms with Crippen LogP contribution in [0.4, 0.5) is 0 Å². The summed E-state index contributed by atoms with van der Waals surface area (Å²) in [7, 11) is 0. The third-order valence-corrected chi connectivity index (χ3v) is 7.07. The first kappa shape index (κ1) is 18.2. The first-order chi connectivity index (χ1) is 13.7. The van der Waals surface area contributed by atoms with E-state index in [2.05, 4.69) is 60.4 Å². The van der Waals surface area contributed by atoms with E-state index < -0.39 is 0 Å². The van der Waals surface area contributed by atoms with Crippen LogP contribution in [0.1, 0.15) is 55.4 Å². The van der Waals surface area contributed by atoms with Crippen molar-refractivity contribution < 1.29 is 9.47 Å². The molecule has 1 saturated heterocycles. The van der Waals surface area contributed by atoms with Gasteiger partial charge >= 0.3 is 0 Å². The van der Waals surface area contributed by atoms with Crippen LogP contribution in [0.2, 0.25) is 0 Å². The minimum Gasteiger partial charge on any atom is -0.487 e. The molecule has 0 bridgehead atoms. The second-order valence-electron chi connectivity index (χ2n) is 8.83. The number of likely N-dealkylation sites (tertiary alicyclic amines) is 1. The molecule has 2 aliphatic heterocycles. The highest BCUT2D eigenvalue weighted by Crippen LogP contribution is 2.41. The lowest BCUT2D eigenvalue weighted by molar-refractivity contribution is -0.0476. The molecule has 2 heterocycles. The van der Waals surface area contributed by atoms with Gasteiger partial charge in [0.25, 0.3) is 0 Å². The monoisotopic (exact) mass is 377 g/mol. The molecule has 5 rings (SSSR count). The Balaban J connectivity index is 1.14. The fraction of sp³-hybridized carbons (Fsp3) is 0.520. The number of para-hydroxylation sites is 1. The maximum Gasteiger partial charge on any atom is 0.123 e. The van der Waals surface area contributed by atoms with Crippen molar-refractivity contribution in [3.05, 3.63) is 65.2 Å². The minimum atomic E-state index is 0.0372. The number of rotatable bonds is 4. The Morgan fingerprint density at radius 3 is 2.75 bits per heavy atom. The predicted molar refractivity (Wildman–Crippen MR) is 112 cm³/mol. The molecule has 1 spiro atoms. The molecule has 28 heavy (non-hydrogen) atoms. The van der Waals surface area contributed by atoms with Gasteiger partial charge in [-0.25, -0.2) is 0 Å². The third-order valence-electron chi connectivity index (χ3n) is 7.07. The van der Waals surface area contributed by atoms with Crippen molar-refractivity contribution in [3.63, 3.8) is 0 Å². The molecule has 0 amide bonds. The summed E-state index contributed by atoms with van der Waals surface area (Å²) in [4.78, 5) is 2.59. The number of nitrogens with zero attached hydrogens (tertiary/aromatic N) is 1. The van der Waals surface area contributed by atoms with Crippen molar-refractivity contribution in [1.29, 1.82) is 0 Å². The maximum absolute atomic E-state index is 6.55. The predicted octanol–water partition coefficient (Wildman–Crippen LogP) is 4.94. The average Bonchev–Trinajstić information content (AvgIpc) is 3.13. The zero-order chi connectivity index (χ0) is 19.0. The molecule has 0 saturated carbocycles. The highest BCUT2D eigenvalue weighted by atomic mass is 16.5. The lowest BCUT2D eigenvalue weighted by Crippen LogP contribution is -2.54. The standard InChI is InChI=1S/C25H31NO2/c1-19-18-25(13-12-21-7-3-5-9-23(21)28-25)14-15-26(19)16-17-27-24-11-10-20-6-2-4-8-22(20)24/h2-9,19,24H,10-18H2,1H3/t19-,24-,25-/m0/s1. The van der Waals surface area contributed by atoms with E-state index in [1.165, 1.54) is 16.7 Å². The van der Waals surface area contributed by atoms with Gasteiger partial charge in [-0.15, -0.1) is 0 Å². The van der Waals surface area contributed by atoms with Gasteiger partial charge in [0.15, 0.2) is 0 Å². The Morgan fingerprint density at radius 1 is 1.04 bits per heavy atom. The largest absolute Gasteiger partial charge is 0.487 e. The summed E-state index contributed by atoms with van der Waals surface area (Å²) in [5.74, 6) is 1.11. The molecule has 2 aromatic carbocycles. The average molecular weight is 378 g/mol. The molecule has 3 nitrogen and oxygen atoms in total. The van der Waals surface area contributed by atoms with Crippen molar-refractivity contribution in [2.75, 3.05) is 19.7 Å². The van der Waals surface area contributed by atoms with Crippen molar-refractivity contribution in [1.82, 2.24) is 4.90 Å². The molecule has 148 valence electrons. The number of fused-ring (bicyclic) bond motifs is 2. The Bertz CT molecular complexity index is 835. The Kier molecular flexibility index (Phi) is 4.90. The fourth-order valence-corrected chi connectivity index (χ4v) is 5.45. The second-order valence-corrected chi connectivity index (χ2v) is 8.83. The lowest BCUT2D eigenvalue weighted by atomic mass is 9.80. The van der Waals surface area contributed by atoms with E-state index in [-0.39, 0.29) is 5.60 Å². The molecule has 2 aromatic rings. The zero-order valence-corrected chi connectivity index (χ0v) is 16.9. The number of piperidine rings is 1. The van der Waals surface area contributed by atoms with E-state index in [1.54, 1.807) is 0 Å². The molecule has 3 atom stereocenters. The Hall–Kier alpha value is -1.84. The molecule has 1 fully saturated rings. The van der Waals surface area contributed by atoms with Crippen molar-refractivity contribution in [2.24, 2.45) is 0 Å². The van der Waals surface area contributed by atoms with E-state index in [1.807, 2.05) is 0 Å². The van der Waals surface area contributed by atoms with Crippen molar-refractivity contribution in [3.8, 4) is 5.75 Å². The summed E-state index contributed by atoms with van der Waals surface area (Å²) in [6.07, 6.45) is 7.12. The van der Waals surface area contributed by atoms with Crippen LogP contribution in [0.25, 0.3) is 0 Å². The number of hydrogen-bond acceptors (Lipinski definition) is 3. The van der Waals surface area contributed by atoms with Crippen LogP contribution in [0, 0.1) is 0 Å². The van der Waals surface area contributed by atoms with Gasteiger partial charge in [0.1, 0.15) is 11.4 Å². The topological polar surface area (TPSA) is 21.7 Å². The molecule has 0 N–H and O–H groups in total. The van der Waals surface area contributed by atoms with Gasteiger partial charge in [0.2, 0.25) is 0 Å². The molecule has 1 aliphatic carbocycles.